The molecule has 1 aromatic rings. The van der Waals surface area contributed by atoms with Crippen LogP contribution < -0.4 is 21.3 Å². The van der Waals surface area contributed by atoms with Crippen molar-refractivity contribution >= 4 is 50.4 Å². The van der Waals surface area contributed by atoms with Gasteiger partial charge in [0.05, 0.1) is 43.2 Å². The first-order valence-electron chi connectivity index (χ1n) is 7.72. The van der Waals surface area contributed by atoms with Crippen molar-refractivity contribution in [2.45, 2.75) is 56.3 Å². The molecule has 1 aliphatic heterocycles. The lowest BCUT2D eigenvalue weighted by Gasteiger charge is -2.49. The zero-order chi connectivity index (χ0) is 17.6. The molecule has 1 fully saturated rings. The van der Waals surface area contributed by atoms with E-state index >= 15 is 0 Å². The molecule has 23 heavy (non-hydrogen) atoms. The van der Waals surface area contributed by atoms with Crippen LogP contribution in [-0.2, 0) is 0 Å². The van der Waals surface area contributed by atoms with E-state index in [0.717, 1.165) is 11.1 Å². The second-order valence-electron chi connectivity index (χ2n) is 6.89. The number of ether oxygens (including phenoxy) is 1. The van der Waals surface area contributed by atoms with E-state index in [2.05, 4.69) is 5.32 Å². The minimum Gasteiger partial charge on any atom is -0.489 e. The monoisotopic (exact) mass is 298 g/mol. The second kappa shape index (κ2) is 6.20. The first kappa shape index (κ1) is 18.4. The van der Waals surface area contributed by atoms with Crippen LogP contribution in [0.15, 0.2) is 6.07 Å². The molecule has 0 unspecified atom stereocenters. The average molecular weight is 297 g/mol. The maximum atomic E-state index is 6.16. The van der Waals surface area contributed by atoms with Gasteiger partial charge in [-0.3, -0.25) is 0 Å². The van der Waals surface area contributed by atoms with Crippen LogP contribution in [0.1, 0.15) is 43.7 Å². The molecular weight excluding hydrogens is 278 g/mol. The molecule has 0 amide bonds. The number of benzene rings is 1. The highest BCUT2D eigenvalue weighted by Gasteiger charge is 2.37. The van der Waals surface area contributed by atoms with Gasteiger partial charge in [-0.25, -0.2) is 0 Å². The molecule has 0 bridgehead atoms. The molecule has 1 saturated heterocycles. The van der Waals surface area contributed by atoms with Gasteiger partial charge in [-0.15, -0.1) is 0 Å². The van der Waals surface area contributed by atoms with Gasteiger partial charge in [-0.2, -0.15) is 0 Å². The van der Waals surface area contributed by atoms with E-state index in [-0.39, 0.29) is 12.0 Å². The quantitative estimate of drug-likeness (QED) is 0.590. The van der Waals surface area contributed by atoms with Gasteiger partial charge in [-0.1, -0.05) is 21.7 Å². The zero-order valence-corrected chi connectivity index (χ0v) is 14.0. The fourth-order valence-electron chi connectivity index (χ4n) is 3.24. The van der Waals surface area contributed by atoms with Crippen LogP contribution in [0.25, 0.3) is 0 Å². The first-order chi connectivity index (χ1) is 10.4. The predicted molar refractivity (Wildman–Crippen MR) is 100 cm³/mol. The Morgan fingerprint density at radius 1 is 1.22 bits per heavy atom. The van der Waals surface area contributed by atoms with Crippen molar-refractivity contribution in [2.24, 2.45) is 0 Å². The standard InChI is InChI=1S/C15H19B5N2O/c1-7(2)23-11-4-10(8(3)12(16)13(11)21)9-5-14(17,18)22-15(19,20)6-9/h4,7,9,22H,5-6,21H2,1-3H3. The Bertz CT molecular complexity index is 588. The van der Waals surface area contributed by atoms with Gasteiger partial charge in [0.1, 0.15) is 13.6 Å². The Hall–Kier alpha value is -0.895. The Balaban J connectivity index is 2.48. The number of hydrogen-bond acceptors (Lipinski definition) is 3. The van der Waals surface area contributed by atoms with E-state index in [4.69, 9.17) is 49.7 Å². The van der Waals surface area contributed by atoms with Crippen molar-refractivity contribution in [1.29, 1.82) is 0 Å². The number of hydrogen-bond donors (Lipinski definition) is 2. The maximum absolute atomic E-state index is 6.16. The van der Waals surface area contributed by atoms with Gasteiger partial charge in [-0.05, 0) is 51.2 Å². The second-order valence-corrected chi connectivity index (χ2v) is 6.89. The van der Waals surface area contributed by atoms with Crippen LogP contribution in [0.3, 0.4) is 0 Å². The van der Waals surface area contributed by atoms with Gasteiger partial charge in [0.2, 0.25) is 0 Å². The number of piperidine rings is 1. The SMILES string of the molecule is [B]c1c(C)c(C2CC([B])([B])NC([B])([B])C2)cc(OC(C)C)c1N. The van der Waals surface area contributed by atoms with E-state index < -0.39 is 10.7 Å². The summed E-state index contributed by atoms with van der Waals surface area (Å²) in [4.78, 5) is 0. The van der Waals surface area contributed by atoms with Crippen LogP contribution in [-0.4, -0.2) is 56.0 Å². The molecule has 0 spiro atoms. The lowest BCUT2D eigenvalue weighted by molar-refractivity contribution is 0.243. The van der Waals surface area contributed by atoms with Crippen LogP contribution in [0.5, 0.6) is 5.75 Å². The lowest BCUT2D eigenvalue weighted by atomic mass is 9.46. The molecular formula is C15H19B5N2O. The van der Waals surface area contributed by atoms with Crippen molar-refractivity contribution in [1.82, 2.24) is 5.32 Å². The van der Waals surface area contributed by atoms with Crippen LogP contribution in [0.4, 0.5) is 5.69 Å². The number of anilines is 1. The third kappa shape index (κ3) is 4.15. The summed E-state index contributed by atoms with van der Waals surface area (Å²) in [5.41, 5.74) is 8.83. The summed E-state index contributed by atoms with van der Waals surface area (Å²) in [6.07, 6.45) is 0.912. The summed E-state index contributed by atoms with van der Waals surface area (Å²) in [6.45, 7) is 5.76. The largest absolute Gasteiger partial charge is 0.489 e. The van der Waals surface area contributed by atoms with Crippen LogP contribution >= 0.6 is 0 Å². The molecule has 110 valence electrons. The Morgan fingerprint density at radius 3 is 2.22 bits per heavy atom. The summed E-state index contributed by atoms with van der Waals surface area (Å²) in [7, 11) is 30.3. The lowest BCUT2D eigenvalue weighted by Crippen LogP contribution is -2.64. The van der Waals surface area contributed by atoms with Crippen molar-refractivity contribution in [2.75, 3.05) is 5.73 Å². The molecule has 3 N–H and O–H groups in total. The van der Waals surface area contributed by atoms with Gasteiger partial charge in [0.15, 0.2) is 0 Å². The third-order valence-corrected chi connectivity index (χ3v) is 4.12. The summed E-state index contributed by atoms with van der Waals surface area (Å²) < 4.78 is 5.77. The Labute approximate surface area is 145 Å². The Kier molecular flexibility index (Phi) is 4.97. The fourth-order valence-corrected chi connectivity index (χ4v) is 3.24. The van der Waals surface area contributed by atoms with Crippen molar-refractivity contribution in [3.63, 3.8) is 0 Å². The van der Waals surface area contributed by atoms with E-state index in [9.17, 15) is 0 Å². The summed E-state index contributed by atoms with van der Waals surface area (Å²) >= 11 is 0. The smallest absolute Gasteiger partial charge is 0.142 e. The average Bonchev–Trinajstić information content (AvgIpc) is 2.35. The molecule has 0 aromatic heterocycles. The molecule has 3 nitrogen and oxygen atoms in total. The minimum atomic E-state index is -1.16. The molecule has 1 heterocycles. The number of nitrogens with one attached hydrogen (secondary N) is 1. The third-order valence-electron chi connectivity index (χ3n) is 4.12. The molecule has 0 saturated carbocycles. The van der Waals surface area contributed by atoms with Gasteiger partial charge in [0.25, 0.3) is 0 Å². The molecule has 8 heteroatoms. The number of rotatable bonds is 3. The maximum Gasteiger partial charge on any atom is 0.142 e. The normalized spacial score (nSPS) is 20.5. The summed E-state index contributed by atoms with van der Waals surface area (Å²) in [5.74, 6) is 0.495. The highest BCUT2D eigenvalue weighted by Crippen LogP contribution is 2.38. The van der Waals surface area contributed by atoms with Crippen molar-refractivity contribution in [3.05, 3.63) is 17.2 Å². The highest BCUT2D eigenvalue weighted by molar-refractivity contribution is 6.44. The molecule has 0 atom stereocenters. The fraction of sp³-hybridized carbons (Fsp3) is 0.600. The van der Waals surface area contributed by atoms with Crippen molar-refractivity contribution < 1.29 is 4.74 Å². The molecule has 2 rings (SSSR count). The molecule has 1 aromatic carbocycles. The first-order valence-corrected chi connectivity index (χ1v) is 7.72. The van der Waals surface area contributed by atoms with Crippen molar-refractivity contribution in [3.8, 4) is 5.75 Å². The highest BCUT2D eigenvalue weighted by atomic mass is 16.5. The molecule has 10 radical (unpaired) electrons. The van der Waals surface area contributed by atoms with E-state index in [0.29, 0.717) is 29.7 Å². The van der Waals surface area contributed by atoms with Gasteiger partial charge < -0.3 is 15.8 Å². The van der Waals surface area contributed by atoms with Gasteiger partial charge >= 0.3 is 0 Å². The molecule has 1 aliphatic rings. The summed E-state index contributed by atoms with van der Waals surface area (Å²) in [5, 5.41) is 0.531. The van der Waals surface area contributed by atoms with Crippen LogP contribution in [0.2, 0.25) is 0 Å². The Morgan fingerprint density at radius 2 is 1.74 bits per heavy atom. The van der Waals surface area contributed by atoms with E-state index in [1.807, 2.05) is 26.8 Å². The molecule has 0 aliphatic carbocycles. The van der Waals surface area contributed by atoms with Crippen LogP contribution in [0, 0.1) is 6.92 Å². The van der Waals surface area contributed by atoms with E-state index in [1.165, 1.54) is 0 Å². The summed E-state index contributed by atoms with van der Waals surface area (Å²) in [6, 6.07) is 1.89. The number of nitrogen functional groups attached to an aromatic ring is 1. The topological polar surface area (TPSA) is 47.3 Å². The zero-order valence-electron chi connectivity index (χ0n) is 14.0. The van der Waals surface area contributed by atoms with Gasteiger partial charge in [0, 0.05) is 0 Å². The number of nitrogens with two attached hydrogens (primary N) is 1. The van der Waals surface area contributed by atoms with E-state index in [1.54, 1.807) is 0 Å². The minimum absolute atomic E-state index is 0.0218. The predicted octanol–water partition coefficient (Wildman–Crippen LogP) is -0.393.